The summed E-state index contributed by atoms with van der Waals surface area (Å²) in [7, 11) is 1.99. The zero-order chi connectivity index (χ0) is 22.3. The molecule has 9 heteroatoms. The molecule has 0 unspecified atom stereocenters. The number of guanidine groups is 1. The summed E-state index contributed by atoms with van der Waals surface area (Å²) < 4.78 is 2.00. The average Bonchev–Trinajstić information content (AvgIpc) is 3.32. The van der Waals surface area contributed by atoms with Crippen LogP contribution in [0.1, 0.15) is 63.0 Å². The van der Waals surface area contributed by atoms with Crippen LogP contribution in [-0.2, 0) is 18.4 Å². The first-order chi connectivity index (χ1) is 15.6. The van der Waals surface area contributed by atoms with Gasteiger partial charge < -0.3 is 19.7 Å². The van der Waals surface area contributed by atoms with Crippen molar-refractivity contribution in [1.29, 1.82) is 0 Å². The molecule has 0 bridgehead atoms. The fraction of sp³-hybridized carbons (Fsp3) is 0.826. The third-order valence-corrected chi connectivity index (χ3v) is 7.23. The molecule has 0 spiro atoms. The predicted octanol–water partition coefficient (Wildman–Crippen LogP) is 1.53. The lowest BCUT2D eigenvalue weighted by atomic mass is 10.2. The molecule has 3 heterocycles. The van der Waals surface area contributed by atoms with Gasteiger partial charge in [0.1, 0.15) is 12.4 Å². The molecule has 3 aliphatic rings. The molecular formula is C23H40N8O. The third-order valence-electron chi connectivity index (χ3n) is 7.23. The summed E-state index contributed by atoms with van der Waals surface area (Å²) in [5.74, 6) is 3.07. The number of hydrogen-bond donors (Lipinski definition) is 1. The highest BCUT2D eigenvalue weighted by Crippen LogP contribution is 2.18. The minimum absolute atomic E-state index is 0.302. The quantitative estimate of drug-likeness (QED) is 0.548. The van der Waals surface area contributed by atoms with E-state index in [4.69, 9.17) is 4.99 Å². The van der Waals surface area contributed by atoms with Crippen LogP contribution in [-0.4, -0.2) is 93.2 Å². The molecule has 1 saturated carbocycles. The topological polar surface area (TPSA) is 81.9 Å². The average molecular weight is 445 g/mol. The maximum Gasteiger partial charge on any atom is 0.236 e. The number of aromatic nitrogens is 3. The highest BCUT2D eigenvalue weighted by molar-refractivity contribution is 5.81. The van der Waals surface area contributed by atoms with E-state index >= 15 is 0 Å². The smallest absolute Gasteiger partial charge is 0.236 e. The SMILES string of the molecule is Cc1nnc(CN=C(NC2CCCC2)N2CCN(CC(=O)N3CCCCCC3)CC2)n1C. The molecule has 0 aromatic carbocycles. The Bertz CT molecular complexity index is 769. The molecule has 1 aromatic rings. The molecule has 0 atom stereocenters. The molecule has 3 fully saturated rings. The van der Waals surface area contributed by atoms with Crippen molar-refractivity contribution in [3.05, 3.63) is 11.6 Å². The highest BCUT2D eigenvalue weighted by atomic mass is 16.2. The van der Waals surface area contributed by atoms with Crippen molar-refractivity contribution >= 4 is 11.9 Å². The van der Waals surface area contributed by atoms with Gasteiger partial charge in [0.15, 0.2) is 11.8 Å². The molecule has 2 saturated heterocycles. The number of amides is 1. The molecule has 1 aliphatic carbocycles. The molecule has 9 nitrogen and oxygen atoms in total. The molecule has 1 N–H and O–H groups in total. The number of nitrogens with zero attached hydrogens (tertiary/aromatic N) is 7. The largest absolute Gasteiger partial charge is 0.353 e. The summed E-state index contributed by atoms with van der Waals surface area (Å²) in [4.78, 5) is 24.5. The molecule has 178 valence electrons. The maximum absolute atomic E-state index is 12.8. The van der Waals surface area contributed by atoms with Gasteiger partial charge in [-0.2, -0.15) is 0 Å². The second-order valence-electron chi connectivity index (χ2n) is 9.55. The van der Waals surface area contributed by atoms with E-state index < -0.39 is 0 Å². The Hall–Kier alpha value is -2.16. The number of nitrogens with one attached hydrogen (secondary N) is 1. The Balaban J connectivity index is 1.33. The fourth-order valence-corrected chi connectivity index (χ4v) is 4.95. The van der Waals surface area contributed by atoms with E-state index in [0.29, 0.717) is 25.0 Å². The van der Waals surface area contributed by atoms with Crippen molar-refractivity contribution in [3.63, 3.8) is 0 Å². The first-order valence-electron chi connectivity index (χ1n) is 12.5. The van der Waals surface area contributed by atoms with Gasteiger partial charge >= 0.3 is 0 Å². The van der Waals surface area contributed by atoms with Crippen LogP contribution in [0.2, 0.25) is 0 Å². The Morgan fingerprint density at radius 3 is 2.25 bits per heavy atom. The number of hydrogen-bond acceptors (Lipinski definition) is 5. The summed E-state index contributed by atoms with van der Waals surface area (Å²) in [5.41, 5.74) is 0. The van der Waals surface area contributed by atoms with Crippen LogP contribution in [0.4, 0.5) is 0 Å². The highest BCUT2D eigenvalue weighted by Gasteiger charge is 2.26. The normalized spacial score (nSPS) is 21.8. The van der Waals surface area contributed by atoms with Gasteiger partial charge in [0, 0.05) is 52.4 Å². The van der Waals surface area contributed by atoms with Crippen molar-refractivity contribution in [2.75, 3.05) is 45.8 Å². The van der Waals surface area contributed by atoms with E-state index in [0.717, 1.165) is 69.7 Å². The van der Waals surface area contributed by atoms with Gasteiger partial charge in [-0.15, -0.1) is 10.2 Å². The van der Waals surface area contributed by atoms with E-state index in [1.807, 2.05) is 18.5 Å². The number of aryl methyl sites for hydroxylation is 1. The van der Waals surface area contributed by atoms with E-state index in [-0.39, 0.29) is 0 Å². The van der Waals surface area contributed by atoms with Crippen molar-refractivity contribution in [2.45, 2.75) is 70.9 Å². The Kier molecular flexibility index (Phi) is 8.00. The van der Waals surface area contributed by atoms with Crippen LogP contribution in [0.3, 0.4) is 0 Å². The summed E-state index contributed by atoms with van der Waals surface area (Å²) in [6, 6.07) is 0.512. The van der Waals surface area contributed by atoms with Crippen molar-refractivity contribution < 1.29 is 4.79 Å². The van der Waals surface area contributed by atoms with Crippen LogP contribution in [0.5, 0.6) is 0 Å². The van der Waals surface area contributed by atoms with E-state index in [9.17, 15) is 4.79 Å². The van der Waals surface area contributed by atoms with Crippen molar-refractivity contribution in [3.8, 4) is 0 Å². The van der Waals surface area contributed by atoms with E-state index in [1.165, 1.54) is 38.5 Å². The number of aliphatic imine (C=N–C) groups is 1. The minimum atomic E-state index is 0.302. The molecular weight excluding hydrogens is 404 g/mol. The Labute approximate surface area is 192 Å². The second-order valence-corrected chi connectivity index (χ2v) is 9.55. The molecule has 0 radical (unpaired) electrons. The van der Waals surface area contributed by atoms with Gasteiger partial charge in [0.25, 0.3) is 0 Å². The minimum Gasteiger partial charge on any atom is -0.353 e. The monoisotopic (exact) mass is 444 g/mol. The number of rotatable bonds is 5. The molecule has 2 aliphatic heterocycles. The first kappa shape index (κ1) is 23.0. The number of carbonyl (C=O) groups excluding carboxylic acids is 1. The maximum atomic E-state index is 12.8. The Morgan fingerprint density at radius 2 is 1.62 bits per heavy atom. The Morgan fingerprint density at radius 1 is 0.938 bits per heavy atom. The van der Waals surface area contributed by atoms with E-state index in [1.54, 1.807) is 0 Å². The summed E-state index contributed by atoms with van der Waals surface area (Å²) in [5, 5.41) is 12.1. The molecule has 32 heavy (non-hydrogen) atoms. The van der Waals surface area contributed by atoms with Crippen LogP contribution in [0, 0.1) is 6.92 Å². The van der Waals surface area contributed by atoms with Crippen LogP contribution in [0.25, 0.3) is 0 Å². The van der Waals surface area contributed by atoms with Crippen LogP contribution in [0.15, 0.2) is 4.99 Å². The van der Waals surface area contributed by atoms with Crippen molar-refractivity contribution in [1.82, 2.24) is 34.8 Å². The molecule has 1 amide bonds. The summed E-state index contributed by atoms with van der Waals surface area (Å²) in [6.07, 6.45) is 9.83. The van der Waals surface area contributed by atoms with Gasteiger partial charge in [0.05, 0.1) is 6.54 Å². The zero-order valence-corrected chi connectivity index (χ0v) is 19.9. The standard InChI is InChI=1S/C23H40N8O/c1-19-26-27-21(28(19)2)17-24-23(25-20-9-5-6-10-20)31-15-13-29(14-16-31)18-22(32)30-11-7-3-4-8-12-30/h20H,3-18H2,1-2H3,(H,24,25). The van der Waals surface area contributed by atoms with Gasteiger partial charge in [-0.05, 0) is 32.6 Å². The fourth-order valence-electron chi connectivity index (χ4n) is 4.95. The van der Waals surface area contributed by atoms with Crippen molar-refractivity contribution in [2.24, 2.45) is 12.0 Å². The van der Waals surface area contributed by atoms with Gasteiger partial charge in [-0.25, -0.2) is 4.99 Å². The van der Waals surface area contributed by atoms with Crippen LogP contribution >= 0.6 is 0 Å². The first-order valence-corrected chi connectivity index (χ1v) is 12.5. The van der Waals surface area contributed by atoms with Gasteiger partial charge in [-0.1, -0.05) is 25.7 Å². The van der Waals surface area contributed by atoms with Crippen LogP contribution < -0.4 is 5.32 Å². The summed E-state index contributed by atoms with van der Waals surface area (Å²) in [6.45, 7) is 8.49. The number of piperazine rings is 1. The van der Waals surface area contributed by atoms with Gasteiger partial charge in [0.2, 0.25) is 5.91 Å². The van der Waals surface area contributed by atoms with E-state index in [2.05, 4.69) is 30.2 Å². The summed E-state index contributed by atoms with van der Waals surface area (Å²) >= 11 is 0. The lowest BCUT2D eigenvalue weighted by Gasteiger charge is -2.37. The van der Waals surface area contributed by atoms with Gasteiger partial charge in [-0.3, -0.25) is 9.69 Å². The third kappa shape index (κ3) is 5.99. The number of likely N-dealkylation sites (tertiary alicyclic amines) is 1. The molecule has 1 aromatic heterocycles. The predicted molar refractivity (Wildman–Crippen MR) is 125 cm³/mol. The number of carbonyl (C=O) groups is 1. The molecule has 4 rings (SSSR count). The lowest BCUT2D eigenvalue weighted by Crippen LogP contribution is -2.55. The zero-order valence-electron chi connectivity index (χ0n) is 19.9. The second kappa shape index (κ2) is 11.1. The lowest BCUT2D eigenvalue weighted by molar-refractivity contribution is -0.132.